The predicted octanol–water partition coefficient (Wildman–Crippen LogP) is 4.25. The number of amides is 1. The van der Waals surface area contributed by atoms with Crippen LogP contribution in [0.25, 0.3) is 0 Å². The van der Waals surface area contributed by atoms with Crippen LogP contribution in [-0.2, 0) is 23.7 Å². The Kier molecular flexibility index (Phi) is 16.1. The molecule has 1 fully saturated rings. The highest BCUT2D eigenvalue weighted by atomic mass is 16.6. The van der Waals surface area contributed by atoms with Gasteiger partial charge in [-0.25, -0.2) is 4.79 Å². The highest BCUT2D eigenvalue weighted by Gasteiger charge is 2.47. The quantitative estimate of drug-likeness (QED) is 0.107. The number of esters is 1. The van der Waals surface area contributed by atoms with Crippen molar-refractivity contribution in [1.29, 1.82) is 0 Å². The van der Waals surface area contributed by atoms with Crippen molar-refractivity contribution in [3.05, 3.63) is 36.0 Å². The Morgan fingerprint density at radius 2 is 1.94 bits per heavy atom. The van der Waals surface area contributed by atoms with Crippen LogP contribution in [0, 0.1) is 11.8 Å². The molecule has 0 aromatic heterocycles. The number of rotatable bonds is 14. The van der Waals surface area contributed by atoms with Gasteiger partial charge >= 0.3 is 12.1 Å². The Balaban J connectivity index is 2.20. The second-order valence-corrected chi connectivity index (χ2v) is 14.3. The third kappa shape index (κ3) is 13.6. The largest absolute Gasteiger partial charge is 0.457 e. The fourth-order valence-corrected chi connectivity index (χ4v) is 6.09. The van der Waals surface area contributed by atoms with Crippen LogP contribution >= 0.6 is 0 Å². The minimum absolute atomic E-state index is 0.0445. The minimum atomic E-state index is -1.49. The summed E-state index contributed by atoms with van der Waals surface area (Å²) in [6, 6.07) is 0. The van der Waals surface area contributed by atoms with Crippen molar-refractivity contribution in [3.8, 4) is 0 Å². The van der Waals surface area contributed by atoms with E-state index in [9.17, 15) is 24.9 Å². The van der Waals surface area contributed by atoms with E-state index in [0.717, 1.165) is 25.0 Å². The number of aliphatic hydroxyl groups excluding tert-OH is 1. The van der Waals surface area contributed by atoms with Gasteiger partial charge in [0.1, 0.15) is 11.7 Å². The number of hydrogen-bond donors (Lipinski definition) is 3. The zero-order valence-electron chi connectivity index (χ0n) is 30.3. The molecule has 0 aliphatic carbocycles. The van der Waals surface area contributed by atoms with Crippen LogP contribution in [0.2, 0.25) is 0 Å². The number of carbonyl (C=O) groups is 2. The molecule has 2 aliphatic rings. The molecule has 2 rings (SSSR count). The van der Waals surface area contributed by atoms with Crippen LogP contribution in [-0.4, -0.2) is 126 Å². The summed E-state index contributed by atoms with van der Waals surface area (Å²) in [5.41, 5.74) is -1.89. The Morgan fingerprint density at radius 1 is 1.26 bits per heavy atom. The minimum Gasteiger partial charge on any atom is -0.457 e. The molecule has 0 spiro atoms. The van der Waals surface area contributed by atoms with Gasteiger partial charge in [-0.3, -0.25) is 4.79 Å². The van der Waals surface area contributed by atoms with Gasteiger partial charge in [-0.1, -0.05) is 45.1 Å². The molecule has 47 heavy (non-hydrogen) atoms. The highest BCUT2D eigenvalue weighted by Crippen LogP contribution is 2.38. The SMILES string of the molecule is CCC(OC)C(C)C1OC1CC(C)(O)/C=C/C=C(\C)C1OC(=O)CC(O)CCC(C)(O)C(OC(=O)N(C)CCCN(C)C)/C=C/C1C. The summed E-state index contributed by atoms with van der Waals surface area (Å²) in [5.74, 6) is -0.701. The van der Waals surface area contributed by atoms with Crippen LogP contribution in [0.4, 0.5) is 4.79 Å². The molecule has 2 heterocycles. The van der Waals surface area contributed by atoms with Gasteiger partial charge in [0.15, 0.2) is 6.10 Å². The average molecular weight is 667 g/mol. The van der Waals surface area contributed by atoms with E-state index in [1.54, 1.807) is 58.4 Å². The van der Waals surface area contributed by atoms with E-state index in [1.165, 1.54) is 4.90 Å². The molecule has 1 amide bonds. The van der Waals surface area contributed by atoms with Gasteiger partial charge in [0.05, 0.1) is 36.4 Å². The molecule has 10 atom stereocenters. The Morgan fingerprint density at radius 3 is 2.55 bits per heavy atom. The number of allylic oxidation sites excluding steroid dienone is 2. The number of ether oxygens (including phenoxy) is 4. The lowest BCUT2D eigenvalue weighted by Crippen LogP contribution is -2.44. The van der Waals surface area contributed by atoms with Crippen LogP contribution in [0.5, 0.6) is 0 Å². The van der Waals surface area contributed by atoms with Gasteiger partial charge in [-0.2, -0.15) is 0 Å². The zero-order chi connectivity index (χ0) is 35.5. The molecule has 11 heteroatoms. The van der Waals surface area contributed by atoms with E-state index < -0.39 is 41.6 Å². The third-order valence-electron chi connectivity index (χ3n) is 9.27. The summed E-state index contributed by atoms with van der Waals surface area (Å²) in [5, 5.41) is 33.0. The summed E-state index contributed by atoms with van der Waals surface area (Å²) in [6.07, 6.45) is 7.54. The molecule has 0 aromatic carbocycles. The lowest BCUT2D eigenvalue weighted by atomic mass is 9.88. The van der Waals surface area contributed by atoms with E-state index in [1.807, 2.05) is 32.8 Å². The van der Waals surface area contributed by atoms with Crippen LogP contribution in [0.1, 0.15) is 80.1 Å². The first-order chi connectivity index (χ1) is 21.9. The third-order valence-corrected chi connectivity index (χ3v) is 9.27. The van der Waals surface area contributed by atoms with Gasteiger partial charge in [-0.15, -0.1) is 0 Å². The monoisotopic (exact) mass is 666 g/mol. The van der Waals surface area contributed by atoms with Crippen LogP contribution < -0.4 is 0 Å². The standard InChI is InChI=1S/C36H62N2O9/c1-11-28(44-10)26(4)33-29(45-33)23-35(5,42)18-12-14-24(2)32-25(3)15-16-30(46-34(41)38(9)21-13-20-37(7)8)36(6,43)19-17-27(39)22-31(40)47-32/h12,14-16,18,25-30,32-33,39,42-43H,11,13,17,19-23H2,1-10H3/b16-15+,18-12+,24-14+. The van der Waals surface area contributed by atoms with Crippen molar-refractivity contribution in [2.24, 2.45) is 11.8 Å². The number of carbonyl (C=O) groups excluding carboxylic acids is 2. The summed E-state index contributed by atoms with van der Waals surface area (Å²) in [6.45, 7) is 12.5. The molecule has 2 aliphatic heterocycles. The maximum Gasteiger partial charge on any atom is 0.410 e. The molecule has 1 saturated heterocycles. The van der Waals surface area contributed by atoms with Crippen molar-refractivity contribution < 1.29 is 43.9 Å². The first kappa shape index (κ1) is 40.9. The molecule has 0 bridgehead atoms. The first-order valence-corrected chi connectivity index (χ1v) is 17.0. The van der Waals surface area contributed by atoms with Gasteiger partial charge in [0, 0.05) is 39.0 Å². The maximum absolute atomic E-state index is 13.0. The van der Waals surface area contributed by atoms with Gasteiger partial charge < -0.3 is 44.1 Å². The average Bonchev–Trinajstić information content (AvgIpc) is 3.74. The van der Waals surface area contributed by atoms with Gasteiger partial charge in [0.2, 0.25) is 0 Å². The van der Waals surface area contributed by atoms with Crippen LogP contribution in [0.15, 0.2) is 36.0 Å². The molecular formula is C36H62N2O9. The maximum atomic E-state index is 13.0. The zero-order valence-corrected chi connectivity index (χ0v) is 30.3. The lowest BCUT2D eigenvalue weighted by Gasteiger charge is -2.33. The van der Waals surface area contributed by atoms with E-state index >= 15 is 0 Å². The first-order valence-electron chi connectivity index (χ1n) is 17.0. The van der Waals surface area contributed by atoms with E-state index in [-0.39, 0.29) is 49.4 Å². The number of hydrogen-bond acceptors (Lipinski definition) is 10. The smallest absolute Gasteiger partial charge is 0.410 e. The number of nitrogens with zero attached hydrogens (tertiary/aromatic N) is 2. The van der Waals surface area contributed by atoms with E-state index in [4.69, 9.17) is 18.9 Å². The number of cyclic esters (lactones) is 1. The highest BCUT2D eigenvalue weighted by molar-refractivity contribution is 5.70. The van der Waals surface area contributed by atoms with Gasteiger partial charge in [-0.05, 0) is 78.7 Å². The van der Waals surface area contributed by atoms with Crippen LogP contribution in [0.3, 0.4) is 0 Å². The fraction of sp³-hybridized carbons (Fsp3) is 0.778. The van der Waals surface area contributed by atoms with Gasteiger partial charge in [0.25, 0.3) is 0 Å². The molecule has 0 aromatic rings. The molecular weight excluding hydrogens is 604 g/mol. The Bertz CT molecular complexity index is 1080. The van der Waals surface area contributed by atoms with E-state index in [2.05, 4.69) is 13.8 Å². The number of epoxide rings is 1. The molecule has 270 valence electrons. The summed E-state index contributed by atoms with van der Waals surface area (Å²) < 4.78 is 23.1. The van der Waals surface area contributed by atoms with Crippen molar-refractivity contribution in [2.45, 2.75) is 128 Å². The molecule has 0 radical (unpaired) electrons. The second-order valence-electron chi connectivity index (χ2n) is 14.3. The number of methoxy groups -OCH3 is 1. The summed E-state index contributed by atoms with van der Waals surface area (Å²) in [7, 11) is 7.30. The lowest BCUT2D eigenvalue weighted by molar-refractivity contribution is -0.151. The van der Waals surface area contributed by atoms with Crippen molar-refractivity contribution in [1.82, 2.24) is 9.80 Å². The molecule has 10 unspecified atom stereocenters. The number of aliphatic hydroxyl groups is 3. The molecule has 0 saturated carbocycles. The molecule has 3 N–H and O–H groups in total. The Hall–Kier alpha value is -2.28. The van der Waals surface area contributed by atoms with Crippen molar-refractivity contribution >= 4 is 12.1 Å². The van der Waals surface area contributed by atoms with E-state index in [0.29, 0.717) is 13.0 Å². The van der Waals surface area contributed by atoms with Crippen molar-refractivity contribution in [2.75, 3.05) is 41.3 Å². The predicted molar refractivity (Wildman–Crippen MR) is 182 cm³/mol. The topological polar surface area (TPSA) is 142 Å². The summed E-state index contributed by atoms with van der Waals surface area (Å²) >= 11 is 0. The second kappa shape index (κ2) is 18.5. The van der Waals surface area contributed by atoms with Crippen molar-refractivity contribution in [3.63, 3.8) is 0 Å². The summed E-state index contributed by atoms with van der Waals surface area (Å²) in [4.78, 5) is 29.3. The molecule has 11 nitrogen and oxygen atoms in total. The Labute approximate surface area is 282 Å². The normalized spacial score (nSPS) is 32.5. The fourth-order valence-electron chi connectivity index (χ4n) is 6.09.